The topological polar surface area (TPSA) is 62.7 Å². The fourth-order valence-corrected chi connectivity index (χ4v) is 2.65. The molecule has 0 atom stereocenters. The van der Waals surface area contributed by atoms with Gasteiger partial charge < -0.3 is 14.5 Å². The number of ether oxygens (including phenoxy) is 1. The summed E-state index contributed by atoms with van der Waals surface area (Å²) in [5, 5.41) is 0. The van der Waals surface area contributed by atoms with Gasteiger partial charge in [0.2, 0.25) is 11.8 Å². The molecule has 1 aliphatic rings. The fourth-order valence-electron chi connectivity index (χ4n) is 2.65. The summed E-state index contributed by atoms with van der Waals surface area (Å²) in [4.78, 5) is 32.4. The molecule has 0 radical (unpaired) electrons. The number of pyridine rings is 1. The van der Waals surface area contributed by atoms with E-state index < -0.39 is 0 Å². The Hall–Kier alpha value is -2.89. The van der Waals surface area contributed by atoms with Gasteiger partial charge in [-0.15, -0.1) is 0 Å². The predicted octanol–water partition coefficient (Wildman–Crippen LogP) is 1.71. The van der Waals surface area contributed by atoms with Crippen molar-refractivity contribution in [2.45, 2.75) is 6.54 Å². The van der Waals surface area contributed by atoms with Crippen LogP contribution in [0, 0.1) is 0 Å². The number of hydrogen-bond acceptors (Lipinski definition) is 4. The molecule has 0 N–H and O–H groups in total. The Bertz CT molecular complexity index is 760. The maximum Gasteiger partial charge on any atom is 0.256 e. The highest BCUT2D eigenvalue weighted by Crippen LogP contribution is 2.26. The third-order valence-electron chi connectivity index (χ3n) is 3.89. The largest absolute Gasteiger partial charge is 0.481 e. The zero-order chi connectivity index (χ0) is 16.4. The third-order valence-corrected chi connectivity index (χ3v) is 3.89. The van der Waals surface area contributed by atoms with E-state index in [4.69, 9.17) is 4.74 Å². The number of aromatic nitrogens is 1. The lowest BCUT2D eigenvalue weighted by atomic mass is 10.1. The first kappa shape index (κ1) is 15.0. The van der Waals surface area contributed by atoms with Gasteiger partial charge >= 0.3 is 0 Å². The lowest BCUT2D eigenvalue weighted by Crippen LogP contribution is -2.37. The average molecular weight is 311 g/mol. The summed E-state index contributed by atoms with van der Waals surface area (Å²) in [6.07, 6.45) is 1.63. The van der Waals surface area contributed by atoms with Crippen molar-refractivity contribution in [1.82, 2.24) is 9.88 Å². The van der Waals surface area contributed by atoms with Crippen LogP contribution in [0.4, 0.5) is 5.69 Å². The van der Waals surface area contributed by atoms with E-state index in [9.17, 15) is 9.59 Å². The Labute approximate surface area is 134 Å². The van der Waals surface area contributed by atoms with E-state index in [1.54, 1.807) is 37.5 Å². The normalized spacial score (nSPS) is 14.5. The molecule has 0 saturated heterocycles. The van der Waals surface area contributed by atoms with E-state index in [0.717, 1.165) is 5.56 Å². The SMILES string of the molecule is COc1ncccc1CN1CC(=O)N(C)c2ccccc2C1=O. The number of carbonyl (C=O) groups is 2. The quantitative estimate of drug-likeness (QED) is 0.866. The van der Waals surface area contributed by atoms with Crippen LogP contribution in [0.3, 0.4) is 0 Å². The maximum absolute atomic E-state index is 12.8. The van der Waals surface area contributed by atoms with E-state index >= 15 is 0 Å². The number of rotatable bonds is 3. The molecule has 118 valence electrons. The number of anilines is 1. The number of amides is 2. The second-order valence-electron chi connectivity index (χ2n) is 5.30. The second kappa shape index (κ2) is 6.08. The molecule has 0 saturated carbocycles. The van der Waals surface area contributed by atoms with Crippen LogP contribution in [0.5, 0.6) is 5.88 Å². The summed E-state index contributed by atoms with van der Waals surface area (Å²) < 4.78 is 5.23. The lowest BCUT2D eigenvalue weighted by molar-refractivity contribution is -0.119. The number of hydrogen-bond donors (Lipinski definition) is 0. The zero-order valence-corrected chi connectivity index (χ0v) is 13.0. The number of nitrogens with zero attached hydrogens (tertiary/aromatic N) is 3. The van der Waals surface area contributed by atoms with E-state index in [1.165, 1.54) is 16.9 Å². The summed E-state index contributed by atoms with van der Waals surface area (Å²) in [6.45, 7) is 0.284. The monoisotopic (exact) mass is 311 g/mol. The molecule has 1 aromatic carbocycles. The number of benzene rings is 1. The van der Waals surface area contributed by atoms with Gasteiger partial charge in [-0.3, -0.25) is 9.59 Å². The van der Waals surface area contributed by atoms with Crippen LogP contribution in [-0.4, -0.2) is 42.4 Å². The molecule has 0 unspecified atom stereocenters. The van der Waals surface area contributed by atoms with Crippen LogP contribution in [0.15, 0.2) is 42.6 Å². The van der Waals surface area contributed by atoms with Gasteiger partial charge in [-0.1, -0.05) is 18.2 Å². The minimum absolute atomic E-state index is 0.0159. The highest BCUT2D eigenvalue weighted by atomic mass is 16.5. The lowest BCUT2D eigenvalue weighted by Gasteiger charge is -2.21. The van der Waals surface area contributed by atoms with Crippen LogP contribution in [0.25, 0.3) is 0 Å². The van der Waals surface area contributed by atoms with Gasteiger partial charge in [-0.25, -0.2) is 4.98 Å². The van der Waals surface area contributed by atoms with Gasteiger partial charge in [-0.05, 0) is 18.2 Å². The smallest absolute Gasteiger partial charge is 0.256 e. The molecule has 3 rings (SSSR count). The Morgan fingerprint density at radius 3 is 2.74 bits per heavy atom. The fraction of sp³-hybridized carbons (Fsp3) is 0.235. The van der Waals surface area contributed by atoms with Crippen LogP contribution in [0.1, 0.15) is 15.9 Å². The standard InChI is InChI=1S/C17H17N3O3/c1-19-14-8-4-3-7-13(14)17(22)20(11-15(19)21)10-12-6-5-9-18-16(12)23-2/h3-9H,10-11H2,1-2H3. The highest BCUT2D eigenvalue weighted by molar-refractivity contribution is 6.09. The summed E-state index contributed by atoms with van der Waals surface area (Å²) in [7, 11) is 3.22. The Kier molecular flexibility index (Phi) is 3.97. The number of methoxy groups -OCH3 is 1. The second-order valence-corrected chi connectivity index (χ2v) is 5.30. The first-order valence-electron chi connectivity index (χ1n) is 7.24. The predicted molar refractivity (Wildman–Crippen MR) is 85.4 cm³/mol. The third kappa shape index (κ3) is 2.75. The first-order valence-corrected chi connectivity index (χ1v) is 7.24. The molecular weight excluding hydrogens is 294 g/mol. The molecule has 0 aliphatic carbocycles. The Morgan fingerprint density at radius 2 is 1.96 bits per heavy atom. The van der Waals surface area contributed by atoms with Crippen molar-refractivity contribution in [3.05, 3.63) is 53.7 Å². The minimum atomic E-state index is -0.177. The summed E-state index contributed by atoms with van der Waals surface area (Å²) >= 11 is 0. The minimum Gasteiger partial charge on any atom is -0.481 e. The number of carbonyl (C=O) groups excluding carboxylic acids is 2. The van der Waals surface area contributed by atoms with Gasteiger partial charge in [0.1, 0.15) is 6.54 Å². The molecule has 1 aliphatic heterocycles. The van der Waals surface area contributed by atoms with Crippen molar-refractivity contribution in [2.24, 2.45) is 0 Å². The molecule has 0 bridgehead atoms. The molecule has 0 spiro atoms. The molecular formula is C17H17N3O3. The van der Waals surface area contributed by atoms with Gasteiger partial charge in [-0.2, -0.15) is 0 Å². The summed E-state index contributed by atoms with van der Waals surface area (Å²) in [5.41, 5.74) is 1.91. The number of fused-ring (bicyclic) bond motifs is 1. The van der Waals surface area contributed by atoms with Crippen LogP contribution < -0.4 is 9.64 Å². The number of para-hydroxylation sites is 1. The van der Waals surface area contributed by atoms with Gasteiger partial charge in [0.05, 0.1) is 24.9 Å². The van der Waals surface area contributed by atoms with Crippen molar-refractivity contribution < 1.29 is 14.3 Å². The molecule has 6 heteroatoms. The molecule has 23 heavy (non-hydrogen) atoms. The van der Waals surface area contributed by atoms with Crippen LogP contribution >= 0.6 is 0 Å². The molecule has 2 amide bonds. The van der Waals surface area contributed by atoms with Gasteiger partial charge in [0.25, 0.3) is 5.91 Å². The van der Waals surface area contributed by atoms with Crippen molar-refractivity contribution >= 4 is 17.5 Å². The zero-order valence-electron chi connectivity index (χ0n) is 13.0. The summed E-state index contributed by atoms with van der Waals surface area (Å²) in [6, 6.07) is 10.7. The maximum atomic E-state index is 12.8. The summed E-state index contributed by atoms with van der Waals surface area (Å²) in [5.74, 6) is 0.147. The van der Waals surface area contributed by atoms with Gasteiger partial charge in [0.15, 0.2) is 0 Å². The van der Waals surface area contributed by atoms with Crippen molar-refractivity contribution in [1.29, 1.82) is 0 Å². The first-order chi connectivity index (χ1) is 11.1. The number of likely N-dealkylation sites (N-methyl/N-ethyl adjacent to an activating group) is 1. The van der Waals surface area contributed by atoms with Crippen LogP contribution in [-0.2, 0) is 11.3 Å². The van der Waals surface area contributed by atoms with E-state index in [1.807, 2.05) is 12.1 Å². The van der Waals surface area contributed by atoms with Crippen LogP contribution in [0.2, 0.25) is 0 Å². The van der Waals surface area contributed by atoms with Crippen molar-refractivity contribution in [2.75, 3.05) is 25.6 Å². The average Bonchev–Trinajstić information content (AvgIpc) is 2.67. The Balaban J connectivity index is 1.97. The molecule has 2 heterocycles. The van der Waals surface area contributed by atoms with E-state index in [-0.39, 0.29) is 24.9 Å². The van der Waals surface area contributed by atoms with E-state index in [2.05, 4.69) is 4.98 Å². The van der Waals surface area contributed by atoms with E-state index in [0.29, 0.717) is 17.1 Å². The van der Waals surface area contributed by atoms with Crippen molar-refractivity contribution in [3.8, 4) is 5.88 Å². The van der Waals surface area contributed by atoms with Crippen molar-refractivity contribution in [3.63, 3.8) is 0 Å². The molecule has 1 aromatic heterocycles. The highest BCUT2D eigenvalue weighted by Gasteiger charge is 2.29. The molecule has 0 fully saturated rings. The molecule has 6 nitrogen and oxygen atoms in total. The van der Waals surface area contributed by atoms with Gasteiger partial charge in [0, 0.05) is 18.8 Å². The Morgan fingerprint density at radius 1 is 1.17 bits per heavy atom. The molecule has 2 aromatic rings.